The average molecular weight is 347 g/mol. The molecule has 0 aromatic carbocycles. The maximum Gasteiger partial charge on any atom is 0.326 e. The quantitative estimate of drug-likeness (QED) is 0.722. The van der Waals surface area contributed by atoms with Crippen LogP contribution >= 0.6 is 15.9 Å². The van der Waals surface area contributed by atoms with Crippen molar-refractivity contribution < 1.29 is 24.6 Å². The molecule has 0 saturated carbocycles. The van der Waals surface area contributed by atoms with E-state index in [4.69, 9.17) is 10.2 Å². The zero-order chi connectivity index (χ0) is 15.4. The highest BCUT2D eigenvalue weighted by molar-refractivity contribution is 9.10. The monoisotopic (exact) mass is 346 g/mol. The van der Waals surface area contributed by atoms with Crippen LogP contribution in [0.5, 0.6) is 0 Å². The summed E-state index contributed by atoms with van der Waals surface area (Å²) in [5.74, 6) is -3.31. The Hall–Kier alpha value is -1.83. The van der Waals surface area contributed by atoms with Crippen molar-refractivity contribution in [3.63, 3.8) is 0 Å². The lowest BCUT2D eigenvalue weighted by Crippen LogP contribution is -2.42. The zero-order valence-electron chi connectivity index (χ0n) is 11.0. The van der Waals surface area contributed by atoms with E-state index < -0.39 is 30.3 Å². The van der Waals surface area contributed by atoms with Gasteiger partial charge in [-0.05, 0) is 35.8 Å². The number of aliphatic carboxylic acids is 2. The molecule has 0 fully saturated rings. The molecule has 1 rings (SSSR count). The van der Waals surface area contributed by atoms with Crippen molar-refractivity contribution in [2.75, 3.05) is 0 Å². The van der Waals surface area contributed by atoms with Gasteiger partial charge in [-0.25, -0.2) is 4.79 Å². The van der Waals surface area contributed by atoms with Crippen LogP contribution in [0.1, 0.15) is 36.8 Å². The third-order valence-corrected chi connectivity index (χ3v) is 3.02. The molecule has 7 nitrogen and oxygen atoms in total. The van der Waals surface area contributed by atoms with E-state index in [0.29, 0.717) is 4.47 Å². The standard InChI is InChI=1S/C12H15BrN2O5/c1-6(2)15-5-7(13)3-9(15)11(18)14-8(12(19)20)4-10(16)17/h3,5-6,8H,4H2,1-2H3,(H,14,18)(H,16,17)(H,19,20)/t8-/m0/s1. The highest BCUT2D eigenvalue weighted by Gasteiger charge is 2.25. The molecular weight excluding hydrogens is 332 g/mol. The van der Waals surface area contributed by atoms with E-state index in [0.717, 1.165) is 0 Å². The molecule has 0 aliphatic carbocycles. The first-order valence-electron chi connectivity index (χ1n) is 5.85. The number of carbonyl (C=O) groups is 3. The van der Waals surface area contributed by atoms with Crippen molar-refractivity contribution in [1.29, 1.82) is 0 Å². The highest BCUT2D eigenvalue weighted by Crippen LogP contribution is 2.19. The Kier molecular flexibility index (Phi) is 5.32. The maximum absolute atomic E-state index is 12.1. The van der Waals surface area contributed by atoms with Crippen LogP contribution in [0.15, 0.2) is 16.7 Å². The van der Waals surface area contributed by atoms with E-state index >= 15 is 0 Å². The summed E-state index contributed by atoms with van der Waals surface area (Å²) in [4.78, 5) is 33.6. The number of nitrogens with zero attached hydrogens (tertiary/aromatic N) is 1. The number of carboxylic acid groups (broad SMARTS) is 2. The van der Waals surface area contributed by atoms with E-state index in [1.165, 1.54) is 0 Å². The number of carbonyl (C=O) groups excluding carboxylic acids is 1. The molecule has 0 radical (unpaired) electrons. The van der Waals surface area contributed by atoms with Gasteiger partial charge >= 0.3 is 11.9 Å². The summed E-state index contributed by atoms with van der Waals surface area (Å²) < 4.78 is 2.35. The van der Waals surface area contributed by atoms with Crippen LogP contribution in [-0.4, -0.2) is 38.7 Å². The third kappa shape index (κ3) is 4.09. The minimum atomic E-state index is -1.46. The molecule has 110 valence electrons. The van der Waals surface area contributed by atoms with Crippen molar-refractivity contribution in [3.8, 4) is 0 Å². The van der Waals surface area contributed by atoms with Gasteiger partial charge in [-0.1, -0.05) is 0 Å². The molecule has 1 aromatic heterocycles. The Morgan fingerprint density at radius 3 is 2.40 bits per heavy atom. The lowest BCUT2D eigenvalue weighted by atomic mass is 10.2. The number of hydrogen-bond acceptors (Lipinski definition) is 3. The number of nitrogens with one attached hydrogen (secondary N) is 1. The van der Waals surface area contributed by atoms with Crippen molar-refractivity contribution in [2.24, 2.45) is 0 Å². The predicted molar refractivity (Wildman–Crippen MR) is 73.7 cm³/mol. The van der Waals surface area contributed by atoms with Gasteiger partial charge in [0.25, 0.3) is 5.91 Å². The van der Waals surface area contributed by atoms with Gasteiger partial charge in [0.05, 0.1) is 6.42 Å². The summed E-state index contributed by atoms with van der Waals surface area (Å²) in [6.07, 6.45) is 1.02. The summed E-state index contributed by atoms with van der Waals surface area (Å²) in [7, 11) is 0. The van der Waals surface area contributed by atoms with Gasteiger partial charge in [0.1, 0.15) is 11.7 Å². The van der Waals surface area contributed by atoms with E-state index in [-0.39, 0.29) is 11.7 Å². The molecule has 20 heavy (non-hydrogen) atoms. The summed E-state index contributed by atoms with van der Waals surface area (Å²) >= 11 is 3.24. The highest BCUT2D eigenvalue weighted by atomic mass is 79.9. The number of carboxylic acids is 2. The van der Waals surface area contributed by atoms with Gasteiger partial charge < -0.3 is 20.1 Å². The fourth-order valence-corrected chi connectivity index (χ4v) is 2.10. The number of aromatic nitrogens is 1. The van der Waals surface area contributed by atoms with E-state index in [2.05, 4.69) is 21.2 Å². The molecule has 1 amide bonds. The lowest BCUT2D eigenvalue weighted by molar-refractivity contribution is -0.145. The van der Waals surface area contributed by atoms with Gasteiger partial charge in [-0.3, -0.25) is 9.59 Å². The molecule has 0 aliphatic heterocycles. The summed E-state index contributed by atoms with van der Waals surface area (Å²) in [6.45, 7) is 3.74. The van der Waals surface area contributed by atoms with Crippen LogP contribution in [0.4, 0.5) is 0 Å². The van der Waals surface area contributed by atoms with Crippen molar-refractivity contribution in [3.05, 3.63) is 22.4 Å². The van der Waals surface area contributed by atoms with Gasteiger partial charge in [-0.2, -0.15) is 0 Å². The molecule has 3 N–H and O–H groups in total. The first-order chi connectivity index (χ1) is 9.22. The van der Waals surface area contributed by atoms with E-state index in [1.54, 1.807) is 16.8 Å². The Labute approximate surface area is 123 Å². The van der Waals surface area contributed by atoms with Crippen LogP contribution in [0.2, 0.25) is 0 Å². The number of amides is 1. The molecule has 8 heteroatoms. The zero-order valence-corrected chi connectivity index (χ0v) is 12.5. The van der Waals surface area contributed by atoms with Crippen LogP contribution < -0.4 is 5.32 Å². The molecule has 0 aliphatic rings. The maximum atomic E-state index is 12.1. The second kappa shape index (κ2) is 6.56. The van der Waals surface area contributed by atoms with E-state index in [1.807, 2.05) is 13.8 Å². The number of hydrogen-bond donors (Lipinski definition) is 3. The van der Waals surface area contributed by atoms with Gasteiger partial charge in [0.15, 0.2) is 0 Å². The fraction of sp³-hybridized carbons (Fsp3) is 0.417. The first kappa shape index (κ1) is 16.2. The smallest absolute Gasteiger partial charge is 0.326 e. The predicted octanol–water partition coefficient (Wildman–Crippen LogP) is 1.49. The molecular formula is C12H15BrN2O5. The second-order valence-corrected chi connectivity index (χ2v) is 5.42. The minimum absolute atomic E-state index is 0.00445. The van der Waals surface area contributed by atoms with Gasteiger partial charge in [0, 0.05) is 16.7 Å². The van der Waals surface area contributed by atoms with Crippen LogP contribution in [0.25, 0.3) is 0 Å². The fourth-order valence-electron chi connectivity index (χ4n) is 1.66. The second-order valence-electron chi connectivity index (χ2n) is 4.51. The van der Waals surface area contributed by atoms with Crippen LogP contribution in [-0.2, 0) is 9.59 Å². The summed E-state index contributed by atoms with van der Waals surface area (Å²) in [5.41, 5.74) is 0.267. The molecule has 0 bridgehead atoms. The molecule has 1 heterocycles. The lowest BCUT2D eigenvalue weighted by Gasteiger charge is -2.15. The minimum Gasteiger partial charge on any atom is -0.481 e. The molecule has 1 atom stereocenters. The normalized spacial score (nSPS) is 12.2. The van der Waals surface area contributed by atoms with E-state index in [9.17, 15) is 14.4 Å². The average Bonchev–Trinajstić information content (AvgIpc) is 2.69. The SMILES string of the molecule is CC(C)n1cc(Br)cc1C(=O)N[C@@H](CC(=O)O)C(=O)O. The Morgan fingerprint density at radius 2 is 1.95 bits per heavy atom. The van der Waals surface area contributed by atoms with Crippen LogP contribution in [0.3, 0.4) is 0 Å². The first-order valence-corrected chi connectivity index (χ1v) is 6.64. The van der Waals surface area contributed by atoms with Gasteiger partial charge in [0.2, 0.25) is 0 Å². The Balaban J connectivity index is 2.94. The number of rotatable bonds is 6. The molecule has 1 aromatic rings. The molecule has 0 unspecified atom stereocenters. The summed E-state index contributed by atoms with van der Waals surface area (Å²) in [6, 6.07) is 0.0914. The van der Waals surface area contributed by atoms with Crippen molar-refractivity contribution in [2.45, 2.75) is 32.4 Å². The van der Waals surface area contributed by atoms with Gasteiger partial charge in [-0.15, -0.1) is 0 Å². The third-order valence-electron chi connectivity index (χ3n) is 2.59. The topological polar surface area (TPSA) is 109 Å². The van der Waals surface area contributed by atoms with Crippen molar-refractivity contribution in [1.82, 2.24) is 9.88 Å². The molecule has 0 spiro atoms. The number of halogens is 1. The Bertz CT molecular complexity index is 538. The molecule has 0 saturated heterocycles. The van der Waals surface area contributed by atoms with Crippen molar-refractivity contribution >= 4 is 33.8 Å². The Morgan fingerprint density at radius 1 is 1.35 bits per heavy atom. The van der Waals surface area contributed by atoms with Crippen LogP contribution in [0, 0.1) is 0 Å². The largest absolute Gasteiger partial charge is 0.481 e. The summed E-state index contributed by atoms with van der Waals surface area (Å²) in [5, 5.41) is 19.8.